The standard InChI is InChI=1S/C19H15N4/c1-11-8-17-15(13(3)12(11)2)10-22-9-14-6-7-16(20-4)18(21-5)19(14)23(17)22/h6-9H,10H2,1-3H3/q+1. The first-order valence-corrected chi connectivity index (χ1v) is 7.50. The lowest BCUT2D eigenvalue weighted by molar-refractivity contribution is -0.749. The van der Waals surface area contributed by atoms with Gasteiger partial charge in [0.25, 0.3) is 0 Å². The first-order chi connectivity index (χ1) is 11.1. The van der Waals surface area contributed by atoms with Gasteiger partial charge < -0.3 is 0 Å². The third-order valence-electron chi connectivity index (χ3n) is 4.97. The van der Waals surface area contributed by atoms with Gasteiger partial charge in [0.05, 0.1) is 24.1 Å². The Hall–Kier alpha value is -3.11. The van der Waals surface area contributed by atoms with Crippen molar-refractivity contribution in [3.8, 4) is 5.69 Å². The second kappa shape index (κ2) is 4.44. The van der Waals surface area contributed by atoms with Crippen molar-refractivity contribution in [3.05, 3.63) is 69.5 Å². The van der Waals surface area contributed by atoms with Crippen molar-refractivity contribution in [2.24, 2.45) is 0 Å². The van der Waals surface area contributed by atoms with Crippen LogP contribution < -0.4 is 4.68 Å². The molecule has 0 spiro atoms. The minimum Gasteiger partial charge on any atom is -0.250 e. The highest BCUT2D eigenvalue weighted by Crippen LogP contribution is 2.39. The van der Waals surface area contributed by atoms with Crippen molar-refractivity contribution in [2.75, 3.05) is 0 Å². The van der Waals surface area contributed by atoms with Gasteiger partial charge in [0.2, 0.25) is 11.9 Å². The Morgan fingerprint density at radius 1 is 1.09 bits per heavy atom. The Balaban J connectivity index is 2.17. The molecule has 0 radical (unpaired) electrons. The number of aryl methyl sites for hydroxylation is 1. The van der Waals surface area contributed by atoms with E-state index in [2.05, 4.69) is 52.1 Å². The molecule has 1 aromatic heterocycles. The van der Waals surface area contributed by atoms with Crippen LogP contribution in [0.3, 0.4) is 0 Å². The van der Waals surface area contributed by atoms with Crippen LogP contribution >= 0.6 is 0 Å². The summed E-state index contributed by atoms with van der Waals surface area (Å²) in [6.45, 7) is 22.1. The Morgan fingerprint density at radius 3 is 2.57 bits per heavy atom. The molecular weight excluding hydrogens is 284 g/mol. The molecule has 4 nitrogen and oxygen atoms in total. The van der Waals surface area contributed by atoms with Gasteiger partial charge in [-0.3, -0.25) is 4.85 Å². The molecule has 0 N–H and O–H groups in total. The summed E-state index contributed by atoms with van der Waals surface area (Å²) < 4.78 is 4.25. The summed E-state index contributed by atoms with van der Waals surface area (Å²) in [7, 11) is 0. The second-order valence-electron chi connectivity index (χ2n) is 6.07. The zero-order valence-corrected chi connectivity index (χ0v) is 13.3. The fourth-order valence-corrected chi connectivity index (χ4v) is 3.50. The number of aromatic nitrogens is 2. The van der Waals surface area contributed by atoms with E-state index >= 15 is 0 Å². The number of benzene rings is 2. The third kappa shape index (κ3) is 1.61. The molecule has 0 aliphatic carbocycles. The van der Waals surface area contributed by atoms with Crippen LogP contribution in [0.25, 0.3) is 26.3 Å². The van der Waals surface area contributed by atoms with E-state index < -0.39 is 0 Å². The van der Waals surface area contributed by atoms with Crippen LogP contribution in [0.15, 0.2) is 24.4 Å². The summed E-state index contributed by atoms with van der Waals surface area (Å²) in [6.07, 6.45) is 2.07. The molecule has 0 amide bonds. The highest BCUT2D eigenvalue weighted by Gasteiger charge is 2.32. The van der Waals surface area contributed by atoms with Crippen LogP contribution in [-0.4, -0.2) is 4.68 Å². The van der Waals surface area contributed by atoms with Crippen LogP contribution in [0.2, 0.25) is 0 Å². The van der Waals surface area contributed by atoms with Crippen molar-refractivity contribution < 1.29 is 4.68 Å². The number of fused-ring (bicyclic) bond motifs is 5. The van der Waals surface area contributed by atoms with Gasteiger partial charge in [-0.05, 0) is 43.5 Å². The topological polar surface area (TPSA) is 17.5 Å². The summed E-state index contributed by atoms with van der Waals surface area (Å²) >= 11 is 0. The van der Waals surface area contributed by atoms with E-state index in [1.807, 2.05) is 6.07 Å². The molecule has 4 heteroatoms. The molecule has 23 heavy (non-hydrogen) atoms. The van der Waals surface area contributed by atoms with Crippen LogP contribution in [0, 0.1) is 33.9 Å². The largest absolute Gasteiger partial charge is 0.250 e. The van der Waals surface area contributed by atoms with Crippen molar-refractivity contribution in [1.82, 2.24) is 4.68 Å². The lowest BCUT2D eigenvalue weighted by Gasteiger charge is -2.09. The first kappa shape index (κ1) is 13.5. The fourth-order valence-electron chi connectivity index (χ4n) is 3.50. The molecule has 4 rings (SSSR count). The van der Waals surface area contributed by atoms with Crippen molar-refractivity contribution >= 4 is 22.3 Å². The lowest BCUT2D eigenvalue weighted by Crippen LogP contribution is -2.36. The highest BCUT2D eigenvalue weighted by atomic mass is 15.4. The van der Waals surface area contributed by atoms with Crippen molar-refractivity contribution in [1.29, 1.82) is 0 Å². The van der Waals surface area contributed by atoms with Crippen molar-refractivity contribution in [3.63, 3.8) is 0 Å². The molecule has 110 valence electrons. The third-order valence-corrected chi connectivity index (χ3v) is 4.97. The van der Waals surface area contributed by atoms with E-state index in [9.17, 15) is 0 Å². The molecule has 0 saturated carbocycles. The number of nitrogens with zero attached hydrogens (tertiary/aromatic N) is 4. The highest BCUT2D eigenvalue weighted by molar-refractivity contribution is 5.99. The SMILES string of the molecule is [C-]#[N+]c1ccc2c[n+]3n(c2c1[N+]#[C-])-c1cc(C)c(C)c(C)c1C3. The average Bonchev–Trinajstić information content (AvgIpc) is 3.08. The smallest absolute Gasteiger partial charge is 0.224 e. The molecule has 0 saturated heterocycles. The van der Waals surface area contributed by atoms with Gasteiger partial charge in [-0.15, -0.1) is 9.36 Å². The van der Waals surface area contributed by atoms with Gasteiger partial charge in [0.1, 0.15) is 11.2 Å². The zero-order chi connectivity index (χ0) is 16.3. The molecule has 1 aliphatic rings. The maximum atomic E-state index is 7.53. The Bertz CT molecular complexity index is 1090. The van der Waals surface area contributed by atoms with Gasteiger partial charge in [-0.25, -0.2) is 4.85 Å². The van der Waals surface area contributed by atoms with Crippen molar-refractivity contribution in [2.45, 2.75) is 27.3 Å². The number of hydrogen-bond acceptors (Lipinski definition) is 0. The van der Waals surface area contributed by atoms with Crippen LogP contribution in [-0.2, 0) is 6.54 Å². The minimum atomic E-state index is 0.419. The van der Waals surface area contributed by atoms with E-state index in [1.54, 1.807) is 6.07 Å². The zero-order valence-electron chi connectivity index (χ0n) is 13.3. The molecule has 2 aromatic carbocycles. The minimum absolute atomic E-state index is 0.419. The summed E-state index contributed by atoms with van der Waals surface area (Å²) in [6, 6.07) is 5.87. The number of rotatable bonds is 0. The Kier molecular flexibility index (Phi) is 2.62. The molecular formula is C19H15N4+. The van der Waals surface area contributed by atoms with Gasteiger partial charge in [0, 0.05) is 0 Å². The Morgan fingerprint density at radius 2 is 1.87 bits per heavy atom. The summed E-state index contributed by atoms with van der Waals surface area (Å²) in [5, 5.41) is 1.00. The summed E-state index contributed by atoms with van der Waals surface area (Å²) in [5.74, 6) is 0. The normalized spacial score (nSPS) is 11.9. The van der Waals surface area contributed by atoms with E-state index in [4.69, 9.17) is 13.1 Å². The molecule has 0 unspecified atom stereocenters. The summed E-state index contributed by atoms with van der Waals surface area (Å²) in [5.41, 5.74) is 8.04. The van der Waals surface area contributed by atoms with Gasteiger partial charge in [-0.2, -0.15) is 0 Å². The number of hydrogen-bond donors (Lipinski definition) is 0. The maximum absolute atomic E-state index is 7.53. The van der Waals surface area contributed by atoms with E-state index in [0.29, 0.717) is 11.4 Å². The first-order valence-electron chi connectivity index (χ1n) is 7.50. The molecule has 2 heterocycles. The molecule has 0 atom stereocenters. The lowest BCUT2D eigenvalue weighted by atomic mass is 9.97. The second-order valence-corrected chi connectivity index (χ2v) is 6.07. The summed E-state index contributed by atoms with van der Waals surface area (Å²) in [4.78, 5) is 7.17. The molecule has 0 fully saturated rings. The maximum Gasteiger partial charge on any atom is 0.224 e. The van der Waals surface area contributed by atoms with Gasteiger partial charge in [-0.1, -0.05) is 12.1 Å². The fraction of sp³-hybridized carbons (Fsp3) is 0.211. The predicted molar refractivity (Wildman–Crippen MR) is 89.3 cm³/mol. The van der Waals surface area contributed by atoms with E-state index in [0.717, 1.165) is 23.1 Å². The van der Waals surface area contributed by atoms with E-state index in [-0.39, 0.29) is 0 Å². The van der Waals surface area contributed by atoms with Gasteiger partial charge >= 0.3 is 0 Å². The quantitative estimate of drug-likeness (QED) is 0.340. The van der Waals surface area contributed by atoms with Crippen LogP contribution in [0.4, 0.5) is 11.4 Å². The Labute approximate surface area is 134 Å². The van der Waals surface area contributed by atoms with Gasteiger partial charge in [0.15, 0.2) is 12.2 Å². The van der Waals surface area contributed by atoms with Crippen LogP contribution in [0.5, 0.6) is 0 Å². The van der Waals surface area contributed by atoms with Crippen LogP contribution in [0.1, 0.15) is 22.3 Å². The molecule has 0 bridgehead atoms. The predicted octanol–water partition coefficient (Wildman–Crippen LogP) is 4.31. The average molecular weight is 299 g/mol. The van der Waals surface area contributed by atoms with E-state index in [1.165, 1.54) is 22.3 Å². The molecule has 1 aliphatic heterocycles. The molecule has 3 aromatic rings. The monoisotopic (exact) mass is 299 g/mol.